The van der Waals surface area contributed by atoms with Crippen molar-refractivity contribution in [2.45, 2.75) is 26.4 Å². The van der Waals surface area contributed by atoms with Crippen molar-refractivity contribution in [3.63, 3.8) is 0 Å². The molecule has 164 valence electrons. The van der Waals surface area contributed by atoms with Crippen molar-refractivity contribution in [3.8, 4) is 0 Å². The summed E-state index contributed by atoms with van der Waals surface area (Å²) in [6.07, 6.45) is 1.84. The SMILES string of the molecule is CCOC(=O)C1(c2cccc(C)c2)NC=C(c2cccc(Cl)c2)N1c1cc(Cl)ccc1C. The van der Waals surface area contributed by atoms with Crippen molar-refractivity contribution in [3.05, 3.63) is 105 Å². The van der Waals surface area contributed by atoms with Crippen LogP contribution in [0.5, 0.6) is 0 Å². The number of hydrogen-bond donors (Lipinski definition) is 1. The van der Waals surface area contributed by atoms with E-state index in [0.29, 0.717) is 10.0 Å². The molecule has 0 spiro atoms. The van der Waals surface area contributed by atoms with Crippen molar-refractivity contribution in [1.82, 2.24) is 5.32 Å². The maximum Gasteiger partial charge on any atom is 0.358 e. The fourth-order valence-corrected chi connectivity index (χ4v) is 4.42. The molecule has 1 aliphatic heterocycles. The highest BCUT2D eigenvalue weighted by Crippen LogP contribution is 2.45. The summed E-state index contributed by atoms with van der Waals surface area (Å²) in [5.74, 6) is -0.404. The van der Waals surface area contributed by atoms with Crippen LogP contribution in [0.25, 0.3) is 5.70 Å². The highest BCUT2D eigenvalue weighted by molar-refractivity contribution is 6.31. The fraction of sp³-hybridized carbons (Fsp3) is 0.192. The molecule has 4 rings (SSSR count). The summed E-state index contributed by atoms with van der Waals surface area (Å²) in [6, 6.07) is 21.1. The van der Waals surface area contributed by atoms with Gasteiger partial charge in [0.15, 0.2) is 0 Å². The first-order valence-electron chi connectivity index (χ1n) is 10.4. The number of rotatable bonds is 5. The first-order valence-corrected chi connectivity index (χ1v) is 11.2. The van der Waals surface area contributed by atoms with Gasteiger partial charge < -0.3 is 15.0 Å². The number of carbonyl (C=O) groups is 1. The van der Waals surface area contributed by atoms with Crippen LogP contribution in [0.15, 0.2) is 72.9 Å². The molecule has 1 heterocycles. The maximum atomic E-state index is 13.7. The van der Waals surface area contributed by atoms with Gasteiger partial charge in [-0.2, -0.15) is 0 Å². The molecule has 0 radical (unpaired) electrons. The molecular weight excluding hydrogens is 443 g/mol. The van der Waals surface area contributed by atoms with Gasteiger partial charge in [0.25, 0.3) is 0 Å². The minimum atomic E-state index is -1.31. The second kappa shape index (κ2) is 8.89. The minimum absolute atomic E-state index is 0.253. The standard InChI is InChI=1S/C26H24Cl2N2O2/c1-4-32-25(31)26(20-9-5-7-17(2)13-20)29-16-24(19-8-6-10-21(27)14-19)30(26)23-15-22(28)12-11-18(23)3/h5-16,29H,4H2,1-3H3. The summed E-state index contributed by atoms with van der Waals surface area (Å²) in [5, 5.41) is 4.55. The van der Waals surface area contributed by atoms with Crippen molar-refractivity contribution >= 4 is 40.6 Å². The van der Waals surface area contributed by atoms with E-state index in [0.717, 1.165) is 33.6 Å². The molecule has 0 saturated carbocycles. The molecular formula is C26H24Cl2N2O2. The molecule has 0 aliphatic carbocycles. The van der Waals surface area contributed by atoms with E-state index in [1.807, 2.05) is 91.7 Å². The van der Waals surface area contributed by atoms with Crippen molar-refractivity contribution < 1.29 is 9.53 Å². The molecule has 1 atom stereocenters. The van der Waals surface area contributed by atoms with Crippen molar-refractivity contribution in [2.24, 2.45) is 0 Å². The Balaban J connectivity index is 2.02. The average Bonchev–Trinajstić information content (AvgIpc) is 3.17. The number of carbonyl (C=O) groups excluding carboxylic acids is 1. The van der Waals surface area contributed by atoms with E-state index in [2.05, 4.69) is 5.32 Å². The predicted molar refractivity (Wildman–Crippen MR) is 131 cm³/mol. The van der Waals surface area contributed by atoms with Gasteiger partial charge in [-0.05, 0) is 50.6 Å². The first-order chi connectivity index (χ1) is 15.4. The molecule has 0 bridgehead atoms. The van der Waals surface area contributed by atoms with Gasteiger partial charge in [0.05, 0.1) is 12.3 Å². The predicted octanol–water partition coefficient (Wildman–Crippen LogP) is 6.43. The fourth-order valence-electron chi connectivity index (χ4n) is 4.06. The lowest BCUT2D eigenvalue weighted by Crippen LogP contribution is -2.56. The van der Waals surface area contributed by atoms with E-state index in [4.69, 9.17) is 27.9 Å². The third kappa shape index (κ3) is 3.85. The van der Waals surface area contributed by atoms with Crippen LogP contribution in [-0.2, 0) is 15.2 Å². The lowest BCUT2D eigenvalue weighted by atomic mass is 9.94. The largest absolute Gasteiger partial charge is 0.463 e. The number of anilines is 1. The normalized spacial score (nSPS) is 17.7. The molecule has 1 N–H and O–H groups in total. The highest BCUT2D eigenvalue weighted by atomic mass is 35.5. The Morgan fingerprint density at radius 1 is 1.00 bits per heavy atom. The van der Waals surface area contributed by atoms with E-state index >= 15 is 0 Å². The van der Waals surface area contributed by atoms with E-state index in [1.54, 1.807) is 6.92 Å². The van der Waals surface area contributed by atoms with E-state index < -0.39 is 11.6 Å². The van der Waals surface area contributed by atoms with Crippen LogP contribution in [0.2, 0.25) is 10.0 Å². The molecule has 32 heavy (non-hydrogen) atoms. The summed E-state index contributed by atoms with van der Waals surface area (Å²) in [4.78, 5) is 15.6. The Morgan fingerprint density at radius 2 is 1.75 bits per heavy atom. The molecule has 0 amide bonds. The molecule has 0 aromatic heterocycles. The molecule has 4 nitrogen and oxygen atoms in total. The highest BCUT2D eigenvalue weighted by Gasteiger charge is 2.52. The van der Waals surface area contributed by atoms with Gasteiger partial charge in [0.2, 0.25) is 5.66 Å². The third-order valence-electron chi connectivity index (χ3n) is 5.53. The molecule has 0 saturated heterocycles. The monoisotopic (exact) mass is 466 g/mol. The van der Waals surface area contributed by atoms with Crippen LogP contribution >= 0.6 is 23.2 Å². The zero-order valence-corrected chi connectivity index (χ0v) is 19.7. The Kier molecular flexibility index (Phi) is 6.18. The van der Waals surface area contributed by atoms with Gasteiger partial charge in [-0.25, -0.2) is 4.79 Å². The lowest BCUT2D eigenvalue weighted by molar-refractivity contribution is -0.150. The van der Waals surface area contributed by atoms with Crippen molar-refractivity contribution in [2.75, 3.05) is 11.5 Å². The molecule has 6 heteroatoms. The second-order valence-corrected chi connectivity index (χ2v) is 8.62. The maximum absolute atomic E-state index is 13.7. The summed E-state index contributed by atoms with van der Waals surface area (Å²) in [6.45, 7) is 6.04. The Labute approximate surface area is 198 Å². The summed E-state index contributed by atoms with van der Waals surface area (Å²) < 4.78 is 5.62. The number of halogens is 2. The first kappa shape index (κ1) is 22.3. The molecule has 3 aromatic rings. The van der Waals surface area contributed by atoms with E-state index in [1.165, 1.54) is 0 Å². The quantitative estimate of drug-likeness (QED) is 0.439. The number of esters is 1. The Bertz CT molecular complexity index is 1210. The average molecular weight is 467 g/mol. The summed E-state index contributed by atoms with van der Waals surface area (Å²) in [7, 11) is 0. The molecule has 1 aliphatic rings. The van der Waals surface area contributed by atoms with Crippen LogP contribution in [0.1, 0.15) is 29.2 Å². The number of ether oxygens (including phenoxy) is 1. The van der Waals surface area contributed by atoms with Gasteiger partial charge >= 0.3 is 5.97 Å². The molecule has 0 fully saturated rings. The van der Waals surface area contributed by atoms with Gasteiger partial charge in [0.1, 0.15) is 0 Å². The van der Waals surface area contributed by atoms with E-state index in [9.17, 15) is 4.79 Å². The molecule has 3 aromatic carbocycles. The van der Waals surface area contributed by atoms with Crippen LogP contribution in [-0.4, -0.2) is 12.6 Å². The summed E-state index contributed by atoms with van der Waals surface area (Å²) >= 11 is 12.7. The van der Waals surface area contributed by atoms with Gasteiger partial charge in [-0.1, -0.05) is 71.2 Å². The number of nitrogens with one attached hydrogen (secondary N) is 1. The van der Waals surface area contributed by atoms with Gasteiger partial charge in [-0.3, -0.25) is 0 Å². The minimum Gasteiger partial charge on any atom is -0.463 e. The summed E-state index contributed by atoms with van der Waals surface area (Å²) in [5.41, 5.74) is 3.90. The van der Waals surface area contributed by atoms with Gasteiger partial charge in [0, 0.05) is 33.1 Å². The molecule has 1 unspecified atom stereocenters. The zero-order chi connectivity index (χ0) is 22.9. The van der Waals surface area contributed by atoms with Crippen LogP contribution < -0.4 is 10.2 Å². The number of nitrogens with zero attached hydrogens (tertiary/aromatic N) is 1. The number of benzene rings is 3. The van der Waals surface area contributed by atoms with Crippen LogP contribution in [0.4, 0.5) is 5.69 Å². The topological polar surface area (TPSA) is 41.6 Å². The Hall–Kier alpha value is -2.95. The smallest absolute Gasteiger partial charge is 0.358 e. The lowest BCUT2D eigenvalue weighted by Gasteiger charge is -2.40. The zero-order valence-electron chi connectivity index (χ0n) is 18.2. The Morgan fingerprint density at radius 3 is 2.47 bits per heavy atom. The van der Waals surface area contributed by atoms with Gasteiger partial charge in [-0.15, -0.1) is 0 Å². The number of hydrogen-bond acceptors (Lipinski definition) is 4. The van der Waals surface area contributed by atoms with Crippen molar-refractivity contribution in [1.29, 1.82) is 0 Å². The second-order valence-electron chi connectivity index (χ2n) is 7.75. The third-order valence-corrected chi connectivity index (χ3v) is 6.00. The van der Waals surface area contributed by atoms with Crippen LogP contribution in [0, 0.1) is 13.8 Å². The van der Waals surface area contributed by atoms with Crippen LogP contribution in [0.3, 0.4) is 0 Å². The number of aryl methyl sites for hydroxylation is 2. The van der Waals surface area contributed by atoms with E-state index in [-0.39, 0.29) is 6.61 Å².